The van der Waals surface area contributed by atoms with Crippen molar-refractivity contribution in [1.82, 2.24) is 0 Å². The van der Waals surface area contributed by atoms with E-state index in [0.717, 1.165) is 0 Å². The van der Waals surface area contributed by atoms with Gasteiger partial charge in [-0.2, -0.15) is 0 Å². The van der Waals surface area contributed by atoms with Gasteiger partial charge in [-0.05, 0) is 0 Å². The third-order valence-corrected chi connectivity index (χ3v) is 0.341. The molecule has 92 valence electrons. The number of hydrogen-bond donors (Lipinski definition) is 2. The van der Waals surface area contributed by atoms with E-state index in [1.54, 1.807) is 0 Å². The number of hydrogen-bond acceptors (Lipinski definition) is 5. The second-order valence-electron chi connectivity index (χ2n) is 0.986. The Morgan fingerprint density at radius 3 is 1.07 bits per heavy atom. The first-order valence-corrected chi connectivity index (χ1v) is 1.88. The molecule has 0 amide bonds. The van der Waals surface area contributed by atoms with Gasteiger partial charge in [0.1, 0.15) is 0 Å². The molecule has 0 aliphatic heterocycles. The Morgan fingerprint density at radius 2 is 0.929 bits per heavy atom. The van der Waals surface area contributed by atoms with E-state index >= 15 is 0 Å². The summed E-state index contributed by atoms with van der Waals surface area (Å²) in [5.74, 6) is 0. The number of carboxylic acid groups (broad SMARTS) is 2. The quantitative estimate of drug-likeness (QED) is 0.461. The van der Waals surface area contributed by atoms with Gasteiger partial charge < -0.3 is 19.7 Å². The van der Waals surface area contributed by atoms with Crippen molar-refractivity contribution in [1.29, 1.82) is 0 Å². The molecule has 0 heterocycles. The van der Waals surface area contributed by atoms with Crippen molar-refractivity contribution in [2.24, 2.45) is 0 Å². The van der Waals surface area contributed by atoms with E-state index < -0.39 is 18.5 Å². The van der Waals surface area contributed by atoms with Crippen LogP contribution in [0.15, 0.2) is 0 Å². The Labute approximate surface area is 119 Å². The maximum absolute atomic E-state index is 9.86. The maximum Gasteiger partial charge on any atom is 0.528 e. The molecular formula is C3H2Co4O7. The van der Waals surface area contributed by atoms with Crippen LogP contribution in [0.1, 0.15) is 0 Å². The first-order chi connectivity index (χ1) is 4.52. The number of ether oxygens (including phenoxy) is 2. The van der Waals surface area contributed by atoms with Crippen LogP contribution in [0.5, 0.6) is 0 Å². The number of carbonyl (C=O) groups excluding carboxylic acids is 1. The van der Waals surface area contributed by atoms with Crippen LogP contribution >= 0.6 is 0 Å². The zero-order valence-corrected chi connectivity index (χ0v) is 9.93. The van der Waals surface area contributed by atoms with Crippen molar-refractivity contribution in [2.45, 2.75) is 0 Å². The van der Waals surface area contributed by atoms with Crippen molar-refractivity contribution in [3.8, 4) is 0 Å². The van der Waals surface area contributed by atoms with Crippen molar-refractivity contribution < 1.29 is 101 Å². The summed E-state index contributed by atoms with van der Waals surface area (Å²) < 4.78 is 6.47. The molecule has 4 radical (unpaired) electrons. The van der Waals surface area contributed by atoms with Gasteiger partial charge in [-0.25, -0.2) is 14.4 Å². The summed E-state index contributed by atoms with van der Waals surface area (Å²) in [5, 5.41) is 15.4. The molecule has 0 saturated heterocycles. The molecule has 0 atom stereocenters. The zero-order chi connectivity index (χ0) is 8.15. The van der Waals surface area contributed by atoms with Crippen molar-refractivity contribution in [3.63, 3.8) is 0 Å². The first kappa shape index (κ1) is 29.2. The minimum Gasteiger partial charge on any atom is -0.449 e. The Hall–Kier alpha value is 0.236. The molecule has 2 N–H and O–H groups in total. The molecule has 0 saturated carbocycles. The standard InChI is InChI=1S/C3H2O7.4Co/c4-1(5)9-3(8)10-2(6)7;;;;/h(H,4,5)(H,6,7);;;;. The van der Waals surface area contributed by atoms with Gasteiger partial charge in [0.25, 0.3) is 0 Å². The first-order valence-electron chi connectivity index (χ1n) is 1.88. The average molecular weight is 386 g/mol. The minimum absolute atomic E-state index is 0. The van der Waals surface area contributed by atoms with Crippen LogP contribution in [-0.4, -0.2) is 28.7 Å². The third kappa shape index (κ3) is 22.8. The second kappa shape index (κ2) is 15.7. The zero-order valence-electron chi connectivity index (χ0n) is 5.77. The Kier molecular flexibility index (Phi) is 32.8. The van der Waals surface area contributed by atoms with Crippen LogP contribution in [0.4, 0.5) is 14.4 Å². The topological polar surface area (TPSA) is 110 Å². The molecule has 0 aliphatic carbocycles. The predicted molar refractivity (Wildman–Crippen MR) is 23.6 cm³/mol. The van der Waals surface area contributed by atoms with Gasteiger partial charge in [0, 0.05) is 67.1 Å². The molecular weight excluding hydrogens is 384 g/mol. The van der Waals surface area contributed by atoms with Crippen LogP contribution < -0.4 is 0 Å². The van der Waals surface area contributed by atoms with E-state index in [4.69, 9.17) is 10.2 Å². The van der Waals surface area contributed by atoms with Crippen LogP contribution in [0.2, 0.25) is 0 Å². The third-order valence-electron chi connectivity index (χ3n) is 0.341. The van der Waals surface area contributed by atoms with Gasteiger partial charge >= 0.3 is 18.5 Å². The molecule has 0 fully saturated rings. The fraction of sp³-hybridized carbons (Fsp3) is 0. The minimum atomic E-state index is -1.92. The summed E-state index contributed by atoms with van der Waals surface area (Å²) in [6.45, 7) is 0. The van der Waals surface area contributed by atoms with Crippen molar-refractivity contribution >= 4 is 18.5 Å². The Morgan fingerprint density at radius 1 is 0.714 bits per heavy atom. The monoisotopic (exact) mass is 386 g/mol. The molecule has 0 aromatic carbocycles. The molecule has 0 aromatic rings. The van der Waals surface area contributed by atoms with Crippen LogP contribution in [0.3, 0.4) is 0 Å². The summed E-state index contributed by atoms with van der Waals surface area (Å²) >= 11 is 0. The van der Waals surface area contributed by atoms with Crippen molar-refractivity contribution in [2.75, 3.05) is 0 Å². The fourth-order valence-electron chi connectivity index (χ4n) is 0.163. The molecule has 0 bridgehead atoms. The molecule has 0 spiro atoms. The van der Waals surface area contributed by atoms with Crippen LogP contribution in [0, 0.1) is 0 Å². The molecule has 0 unspecified atom stereocenters. The van der Waals surface area contributed by atoms with Crippen molar-refractivity contribution in [3.05, 3.63) is 0 Å². The molecule has 14 heavy (non-hydrogen) atoms. The van der Waals surface area contributed by atoms with E-state index in [-0.39, 0.29) is 67.1 Å². The molecule has 7 nitrogen and oxygen atoms in total. The van der Waals surface area contributed by atoms with Crippen LogP contribution in [0.25, 0.3) is 0 Å². The molecule has 0 aromatic heterocycles. The van der Waals surface area contributed by atoms with Gasteiger partial charge in [-0.15, -0.1) is 0 Å². The average Bonchev–Trinajstić information content (AvgIpc) is 1.58. The summed E-state index contributed by atoms with van der Waals surface area (Å²) in [4.78, 5) is 28.8. The van der Waals surface area contributed by atoms with E-state index in [9.17, 15) is 14.4 Å². The van der Waals surface area contributed by atoms with Gasteiger partial charge in [0.2, 0.25) is 0 Å². The van der Waals surface area contributed by atoms with Gasteiger partial charge in [0.15, 0.2) is 0 Å². The molecule has 0 aliphatic rings. The van der Waals surface area contributed by atoms with E-state index in [0.29, 0.717) is 0 Å². The summed E-state index contributed by atoms with van der Waals surface area (Å²) in [6, 6.07) is 0. The SMILES string of the molecule is O=C(O)OC(=O)OC(=O)O.[Co].[Co].[Co].[Co]. The summed E-state index contributed by atoms with van der Waals surface area (Å²) in [7, 11) is 0. The van der Waals surface area contributed by atoms with E-state index in [1.165, 1.54) is 0 Å². The Bertz CT molecular complexity index is 164. The largest absolute Gasteiger partial charge is 0.528 e. The van der Waals surface area contributed by atoms with Crippen LogP contribution in [-0.2, 0) is 76.6 Å². The van der Waals surface area contributed by atoms with Gasteiger partial charge in [-0.3, -0.25) is 0 Å². The Balaban J connectivity index is -0.0000000675. The molecule has 11 heteroatoms. The normalized spacial score (nSPS) is 5.71. The second-order valence-corrected chi connectivity index (χ2v) is 0.986. The fourth-order valence-corrected chi connectivity index (χ4v) is 0.163. The molecule has 0 rings (SSSR count). The maximum atomic E-state index is 9.86. The number of rotatable bonds is 0. The summed E-state index contributed by atoms with van der Waals surface area (Å²) in [6.07, 6.45) is -5.64. The van der Waals surface area contributed by atoms with E-state index in [2.05, 4.69) is 9.47 Å². The smallest absolute Gasteiger partial charge is 0.449 e. The predicted octanol–water partition coefficient (Wildman–Crippen LogP) is 0.486. The summed E-state index contributed by atoms with van der Waals surface area (Å²) in [5.41, 5.74) is 0. The van der Waals surface area contributed by atoms with Gasteiger partial charge in [-0.1, -0.05) is 0 Å². The van der Waals surface area contributed by atoms with Gasteiger partial charge in [0.05, 0.1) is 0 Å². The van der Waals surface area contributed by atoms with E-state index in [1.807, 2.05) is 0 Å². The number of carbonyl (C=O) groups is 3.